The molecule has 0 bridgehead atoms. The van der Waals surface area contributed by atoms with Gasteiger partial charge < -0.3 is 10.4 Å². The van der Waals surface area contributed by atoms with Crippen LogP contribution in [0.5, 0.6) is 0 Å². The summed E-state index contributed by atoms with van der Waals surface area (Å²) in [5, 5.41) is 12.1. The largest absolute Gasteiger partial charge is 0.390 e. The Morgan fingerprint density at radius 3 is 2.00 bits per heavy atom. The predicted molar refractivity (Wildman–Crippen MR) is 43.7 cm³/mol. The summed E-state index contributed by atoms with van der Waals surface area (Å²) in [5.74, 6) is 0. The normalized spacial score (nSPS) is 18.4. The van der Waals surface area contributed by atoms with E-state index < -0.39 is 5.60 Å². The molecular weight excluding hydrogens is 126 g/mol. The number of rotatable bonds is 2. The zero-order valence-electron chi connectivity index (χ0n) is 7.07. The minimum Gasteiger partial charge on any atom is -0.390 e. The Morgan fingerprint density at radius 2 is 1.90 bits per heavy atom. The van der Waals surface area contributed by atoms with Gasteiger partial charge in [0.15, 0.2) is 0 Å². The first kappa shape index (κ1) is 9.50. The molecule has 0 aliphatic heterocycles. The van der Waals surface area contributed by atoms with Crippen LogP contribution in [0.4, 0.5) is 0 Å². The summed E-state index contributed by atoms with van der Waals surface area (Å²) >= 11 is 0. The fourth-order valence-corrected chi connectivity index (χ4v) is 0.653. The summed E-state index contributed by atoms with van der Waals surface area (Å²) in [6, 6.07) is 0. The van der Waals surface area contributed by atoms with Gasteiger partial charge in [0.2, 0.25) is 0 Å². The van der Waals surface area contributed by atoms with Gasteiger partial charge in [0, 0.05) is 12.7 Å². The van der Waals surface area contributed by atoms with Crippen LogP contribution in [0.3, 0.4) is 0 Å². The molecule has 0 spiro atoms. The average molecular weight is 143 g/mol. The van der Waals surface area contributed by atoms with Crippen molar-refractivity contribution in [3.05, 3.63) is 12.3 Å². The molecule has 1 fully saturated rings. The molecule has 0 amide bonds. The van der Waals surface area contributed by atoms with Gasteiger partial charge in [-0.15, -0.1) is 0 Å². The third-order valence-electron chi connectivity index (χ3n) is 1.59. The molecule has 1 saturated carbocycles. The highest BCUT2D eigenvalue weighted by Crippen LogP contribution is 2.39. The standard InChI is InChI=1S/C6H11NO.C2H6/c1-5(7-2)6(8)3-4-6;1-2/h7-8H,1,3-4H2,2H3;1-2H3. The molecule has 0 aromatic rings. The van der Waals surface area contributed by atoms with E-state index in [0.29, 0.717) is 0 Å². The first-order valence-corrected chi connectivity index (χ1v) is 3.78. The monoisotopic (exact) mass is 143 g/mol. The molecule has 10 heavy (non-hydrogen) atoms. The van der Waals surface area contributed by atoms with Gasteiger partial charge >= 0.3 is 0 Å². The maximum Gasteiger partial charge on any atom is 0.104 e. The molecule has 0 radical (unpaired) electrons. The molecule has 0 saturated heterocycles. The van der Waals surface area contributed by atoms with Crippen LogP contribution in [-0.2, 0) is 0 Å². The van der Waals surface area contributed by atoms with Gasteiger partial charge in [-0.3, -0.25) is 0 Å². The second-order valence-electron chi connectivity index (χ2n) is 2.26. The van der Waals surface area contributed by atoms with Crippen LogP contribution in [0.1, 0.15) is 26.7 Å². The molecule has 0 aromatic heterocycles. The second kappa shape index (κ2) is 3.62. The number of hydrogen-bond acceptors (Lipinski definition) is 2. The third kappa shape index (κ3) is 2.03. The lowest BCUT2D eigenvalue weighted by atomic mass is 10.3. The lowest BCUT2D eigenvalue weighted by Gasteiger charge is -2.08. The molecule has 60 valence electrons. The maximum atomic E-state index is 9.24. The summed E-state index contributed by atoms with van der Waals surface area (Å²) in [6.45, 7) is 7.65. The van der Waals surface area contributed by atoms with Crippen LogP contribution in [0.2, 0.25) is 0 Å². The van der Waals surface area contributed by atoms with Gasteiger partial charge in [-0.25, -0.2) is 0 Å². The van der Waals surface area contributed by atoms with Gasteiger partial charge in [0.1, 0.15) is 5.60 Å². The van der Waals surface area contributed by atoms with E-state index in [4.69, 9.17) is 0 Å². The van der Waals surface area contributed by atoms with E-state index in [1.165, 1.54) is 0 Å². The van der Waals surface area contributed by atoms with Crippen molar-refractivity contribution in [1.29, 1.82) is 0 Å². The van der Waals surface area contributed by atoms with Gasteiger partial charge in [0.05, 0.1) is 0 Å². The van der Waals surface area contributed by atoms with E-state index >= 15 is 0 Å². The van der Waals surface area contributed by atoms with Crippen LogP contribution in [0, 0.1) is 0 Å². The molecule has 2 nitrogen and oxygen atoms in total. The zero-order valence-corrected chi connectivity index (χ0v) is 7.07. The number of likely N-dealkylation sites (N-methyl/N-ethyl adjacent to an activating group) is 1. The first-order chi connectivity index (χ1) is 4.69. The first-order valence-electron chi connectivity index (χ1n) is 3.78. The van der Waals surface area contributed by atoms with E-state index in [1.807, 2.05) is 13.8 Å². The van der Waals surface area contributed by atoms with Crippen molar-refractivity contribution in [2.24, 2.45) is 0 Å². The van der Waals surface area contributed by atoms with Crippen molar-refractivity contribution >= 4 is 0 Å². The summed E-state index contributed by atoms with van der Waals surface area (Å²) in [5.41, 5.74) is 0.201. The van der Waals surface area contributed by atoms with E-state index in [0.717, 1.165) is 18.5 Å². The van der Waals surface area contributed by atoms with Crippen molar-refractivity contribution in [2.75, 3.05) is 7.05 Å². The van der Waals surface area contributed by atoms with Crippen molar-refractivity contribution in [3.8, 4) is 0 Å². The Morgan fingerprint density at radius 1 is 1.50 bits per heavy atom. The second-order valence-corrected chi connectivity index (χ2v) is 2.26. The number of aliphatic hydroxyl groups is 1. The maximum absolute atomic E-state index is 9.24. The Balaban J connectivity index is 0.000000371. The van der Waals surface area contributed by atoms with E-state index in [9.17, 15) is 5.11 Å². The van der Waals surface area contributed by atoms with Crippen LogP contribution in [0.15, 0.2) is 12.3 Å². The highest BCUT2D eigenvalue weighted by molar-refractivity contribution is 5.18. The van der Waals surface area contributed by atoms with Gasteiger partial charge in [0.25, 0.3) is 0 Å². The van der Waals surface area contributed by atoms with Gasteiger partial charge in [-0.05, 0) is 12.8 Å². The lowest BCUT2D eigenvalue weighted by molar-refractivity contribution is 0.182. The van der Waals surface area contributed by atoms with E-state index in [1.54, 1.807) is 7.05 Å². The molecule has 0 aromatic carbocycles. The molecule has 0 unspecified atom stereocenters. The molecule has 0 heterocycles. The van der Waals surface area contributed by atoms with Gasteiger partial charge in [-0.1, -0.05) is 20.4 Å². The van der Waals surface area contributed by atoms with Gasteiger partial charge in [-0.2, -0.15) is 0 Å². The molecular formula is C8H17NO. The summed E-state index contributed by atoms with van der Waals surface area (Å²) < 4.78 is 0. The topological polar surface area (TPSA) is 32.3 Å². The predicted octanol–water partition coefficient (Wildman–Crippen LogP) is 1.27. The van der Waals surface area contributed by atoms with Crippen molar-refractivity contribution in [2.45, 2.75) is 32.3 Å². The van der Waals surface area contributed by atoms with E-state index in [-0.39, 0.29) is 0 Å². The molecule has 2 heteroatoms. The molecule has 1 aliphatic rings. The Labute approximate surface area is 62.9 Å². The van der Waals surface area contributed by atoms with Crippen molar-refractivity contribution < 1.29 is 5.11 Å². The molecule has 2 N–H and O–H groups in total. The van der Waals surface area contributed by atoms with E-state index in [2.05, 4.69) is 11.9 Å². The van der Waals surface area contributed by atoms with Crippen LogP contribution in [-0.4, -0.2) is 17.8 Å². The summed E-state index contributed by atoms with van der Waals surface area (Å²) in [7, 11) is 1.78. The molecule has 0 atom stereocenters. The zero-order chi connectivity index (χ0) is 8.20. The average Bonchev–Trinajstić information content (AvgIpc) is 2.72. The van der Waals surface area contributed by atoms with Crippen LogP contribution < -0.4 is 5.32 Å². The van der Waals surface area contributed by atoms with Crippen molar-refractivity contribution in [1.82, 2.24) is 5.32 Å². The number of nitrogens with one attached hydrogen (secondary N) is 1. The minimum atomic E-state index is -0.547. The van der Waals surface area contributed by atoms with Crippen LogP contribution in [0.25, 0.3) is 0 Å². The highest BCUT2D eigenvalue weighted by Gasteiger charge is 2.42. The quantitative estimate of drug-likeness (QED) is 0.610. The van der Waals surface area contributed by atoms with Crippen LogP contribution >= 0.6 is 0 Å². The van der Waals surface area contributed by atoms with Crippen molar-refractivity contribution in [3.63, 3.8) is 0 Å². The third-order valence-corrected chi connectivity index (χ3v) is 1.59. The molecule has 1 aliphatic carbocycles. The summed E-state index contributed by atoms with van der Waals surface area (Å²) in [4.78, 5) is 0. The fourth-order valence-electron chi connectivity index (χ4n) is 0.653. The SMILES string of the molecule is C=C(NC)C1(O)CC1.CC. The Hall–Kier alpha value is -0.500. The summed E-state index contributed by atoms with van der Waals surface area (Å²) in [6.07, 6.45) is 1.74. The molecule has 1 rings (SSSR count). The fraction of sp³-hybridized carbons (Fsp3) is 0.750. The highest BCUT2D eigenvalue weighted by atomic mass is 16.3. The Bertz CT molecular complexity index is 116. The lowest BCUT2D eigenvalue weighted by Crippen LogP contribution is -2.20. The smallest absolute Gasteiger partial charge is 0.104 e. The Kier molecular flexibility index (Phi) is 3.43. The number of hydrogen-bond donors (Lipinski definition) is 2. The minimum absolute atomic E-state index is 0.547.